The predicted octanol–water partition coefficient (Wildman–Crippen LogP) is 3.63. The van der Waals surface area contributed by atoms with E-state index in [-0.39, 0.29) is 11.7 Å². The molecule has 2 heteroatoms. The maximum absolute atomic E-state index is 11.7. The number of allylic oxidation sites excluding steroid dienone is 1. The van der Waals surface area contributed by atoms with Crippen molar-refractivity contribution in [3.8, 4) is 0 Å². The molecule has 0 heterocycles. The van der Waals surface area contributed by atoms with Crippen molar-refractivity contribution in [3.63, 3.8) is 0 Å². The van der Waals surface area contributed by atoms with Crippen LogP contribution < -0.4 is 0 Å². The lowest BCUT2D eigenvalue weighted by atomic mass is 9.86. The fourth-order valence-electron chi connectivity index (χ4n) is 3.72. The van der Waals surface area contributed by atoms with Gasteiger partial charge in [-0.1, -0.05) is 32.3 Å². The highest BCUT2D eigenvalue weighted by molar-refractivity contribution is 5.89. The number of aliphatic hydroxyl groups is 1. The summed E-state index contributed by atoms with van der Waals surface area (Å²) in [6.07, 6.45) is 13.1. The van der Waals surface area contributed by atoms with Crippen LogP contribution in [0.2, 0.25) is 0 Å². The minimum atomic E-state index is -0.486. The van der Waals surface area contributed by atoms with E-state index in [1.165, 1.54) is 6.42 Å². The average Bonchev–Trinajstić information content (AvgIpc) is 2.84. The number of carbonyl (C=O) groups excluding carboxylic acids is 1. The van der Waals surface area contributed by atoms with E-state index in [1.807, 2.05) is 6.08 Å². The molecular weight excluding hydrogens is 224 g/mol. The number of hydrogen-bond donors (Lipinski definition) is 1. The predicted molar refractivity (Wildman–Crippen MR) is 73.3 cm³/mol. The Labute approximate surface area is 110 Å². The van der Waals surface area contributed by atoms with Crippen molar-refractivity contribution in [1.82, 2.24) is 0 Å². The molecule has 1 N–H and O–H groups in total. The molecule has 0 aromatic carbocycles. The maximum atomic E-state index is 11.7. The highest BCUT2D eigenvalue weighted by Gasteiger charge is 2.50. The minimum absolute atomic E-state index is 0.222. The molecule has 0 aromatic heterocycles. The second-order valence-corrected chi connectivity index (χ2v) is 6.05. The number of fused-ring (bicyclic) bond motifs is 1. The fourth-order valence-corrected chi connectivity index (χ4v) is 3.72. The van der Waals surface area contributed by atoms with Crippen LogP contribution in [0.3, 0.4) is 0 Å². The zero-order chi connectivity index (χ0) is 13.0. The van der Waals surface area contributed by atoms with E-state index >= 15 is 0 Å². The lowest BCUT2D eigenvalue weighted by Crippen LogP contribution is -2.34. The van der Waals surface area contributed by atoms with Crippen LogP contribution in [0.1, 0.15) is 64.7 Å². The number of ketones is 1. The van der Waals surface area contributed by atoms with Crippen molar-refractivity contribution >= 4 is 5.78 Å². The molecular formula is C16H26O2. The molecule has 2 aliphatic rings. The summed E-state index contributed by atoms with van der Waals surface area (Å²) in [5.41, 5.74) is -0.486. The van der Waals surface area contributed by atoms with Gasteiger partial charge in [0.25, 0.3) is 0 Å². The van der Waals surface area contributed by atoms with Gasteiger partial charge in [-0.25, -0.2) is 0 Å². The summed E-state index contributed by atoms with van der Waals surface area (Å²) in [5.74, 6) is 0.941. The number of rotatable bonds is 6. The van der Waals surface area contributed by atoms with Crippen molar-refractivity contribution in [2.75, 3.05) is 0 Å². The van der Waals surface area contributed by atoms with Crippen molar-refractivity contribution in [1.29, 1.82) is 0 Å². The Morgan fingerprint density at radius 3 is 2.94 bits per heavy atom. The molecule has 3 atom stereocenters. The number of carbonyl (C=O) groups is 1. The molecule has 18 heavy (non-hydrogen) atoms. The Bertz CT molecular complexity index is 321. The molecule has 2 fully saturated rings. The SMILES string of the molecule is CCCCCC(=O)/C=C/C1CCC2CCCC12O. The molecule has 2 saturated carbocycles. The maximum Gasteiger partial charge on any atom is 0.155 e. The van der Waals surface area contributed by atoms with Crippen molar-refractivity contribution in [2.45, 2.75) is 70.3 Å². The Hall–Kier alpha value is -0.630. The van der Waals surface area contributed by atoms with Gasteiger partial charge in [0, 0.05) is 12.3 Å². The molecule has 102 valence electrons. The molecule has 0 amide bonds. The Morgan fingerprint density at radius 1 is 1.33 bits per heavy atom. The van der Waals surface area contributed by atoms with Gasteiger partial charge in [-0.05, 0) is 44.1 Å². The summed E-state index contributed by atoms with van der Waals surface area (Å²) in [4.78, 5) is 11.7. The first kappa shape index (κ1) is 13.8. The van der Waals surface area contributed by atoms with E-state index in [1.54, 1.807) is 6.08 Å². The van der Waals surface area contributed by atoms with E-state index < -0.39 is 5.60 Å². The molecule has 0 bridgehead atoms. The topological polar surface area (TPSA) is 37.3 Å². The van der Waals surface area contributed by atoms with Crippen molar-refractivity contribution in [2.24, 2.45) is 11.8 Å². The summed E-state index contributed by atoms with van der Waals surface area (Å²) in [7, 11) is 0. The highest BCUT2D eigenvalue weighted by Crippen LogP contribution is 2.51. The van der Waals surface area contributed by atoms with Crippen LogP contribution in [-0.4, -0.2) is 16.5 Å². The van der Waals surface area contributed by atoms with E-state index in [4.69, 9.17) is 0 Å². The van der Waals surface area contributed by atoms with Crippen molar-refractivity contribution < 1.29 is 9.90 Å². The van der Waals surface area contributed by atoms with Gasteiger partial charge < -0.3 is 5.11 Å². The van der Waals surface area contributed by atoms with Crippen LogP contribution in [-0.2, 0) is 4.79 Å². The summed E-state index contributed by atoms with van der Waals surface area (Å²) in [5, 5.41) is 10.7. The van der Waals surface area contributed by atoms with Crippen LogP contribution in [0.25, 0.3) is 0 Å². The summed E-state index contributed by atoms with van der Waals surface area (Å²) >= 11 is 0. The first-order chi connectivity index (χ1) is 8.66. The Balaban J connectivity index is 1.84. The largest absolute Gasteiger partial charge is 0.389 e. The fraction of sp³-hybridized carbons (Fsp3) is 0.812. The van der Waals surface area contributed by atoms with Gasteiger partial charge in [-0.2, -0.15) is 0 Å². The molecule has 3 unspecified atom stereocenters. The Kier molecular flexibility index (Phi) is 4.60. The third kappa shape index (κ3) is 2.85. The standard InChI is InChI=1S/C16H26O2/c1-2-3-4-7-15(17)11-10-14-9-8-13-6-5-12-16(13,14)18/h10-11,13-14,18H,2-9,12H2,1H3/b11-10+. The van der Waals surface area contributed by atoms with Gasteiger partial charge in [0.2, 0.25) is 0 Å². The molecule has 0 spiro atoms. The van der Waals surface area contributed by atoms with Gasteiger partial charge >= 0.3 is 0 Å². The van der Waals surface area contributed by atoms with E-state index in [0.717, 1.165) is 44.9 Å². The second-order valence-electron chi connectivity index (χ2n) is 6.05. The second kappa shape index (κ2) is 6.01. The summed E-state index contributed by atoms with van der Waals surface area (Å²) < 4.78 is 0. The lowest BCUT2D eigenvalue weighted by Gasteiger charge is -2.27. The molecule has 0 saturated heterocycles. The zero-order valence-electron chi connectivity index (χ0n) is 11.5. The minimum Gasteiger partial charge on any atom is -0.389 e. The number of hydrogen-bond acceptors (Lipinski definition) is 2. The summed E-state index contributed by atoms with van der Waals surface area (Å²) in [6, 6.07) is 0. The van der Waals surface area contributed by atoms with Gasteiger partial charge in [-0.15, -0.1) is 0 Å². The first-order valence-electron chi connectivity index (χ1n) is 7.60. The van der Waals surface area contributed by atoms with Crippen LogP contribution in [0.15, 0.2) is 12.2 Å². The first-order valence-corrected chi connectivity index (χ1v) is 7.60. The summed E-state index contributed by atoms with van der Waals surface area (Å²) in [6.45, 7) is 2.15. The molecule has 0 radical (unpaired) electrons. The molecule has 2 nitrogen and oxygen atoms in total. The van der Waals surface area contributed by atoms with Gasteiger partial charge in [-0.3, -0.25) is 4.79 Å². The zero-order valence-corrected chi connectivity index (χ0v) is 11.5. The normalized spacial score (nSPS) is 35.2. The lowest BCUT2D eigenvalue weighted by molar-refractivity contribution is -0.114. The monoisotopic (exact) mass is 250 g/mol. The molecule has 0 aromatic rings. The van der Waals surface area contributed by atoms with Crippen LogP contribution >= 0.6 is 0 Å². The number of unbranched alkanes of at least 4 members (excludes halogenated alkanes) is 2. The van der Waals surface area contributed by atoms with Crippen molar-refractivity contribution in [3.05, 3.63) is 12.2 Å². The smallest absolute Gasteiger partial charge is 0.155 e. The molecule has 2 rings (SSSR count). The van der Waals surface area contributed by atoms with E-state index in [9.17, 15) is 9.90 Å². The Morgan fingerprint density at radius 2 is 2.17 bits per heavy atom. The van der Waals surface area contributed by atoms with Crippen LogP contribution in [0.5, 0.6) is 0 Å². The van der Waals surface area contributed by atoms with Crippen LogP contribution in [0, 0.1) is 11.8 Å². The molecule has 2 aliphatic carbocycles. The van der Waals surface area contributed by atoms with Gasteiger partial charge in [0.15, 0.2) is 5.78 Å². The third-order valence-electron chi connectivity index (χ3n) is 4.85. The highest BCUT2D eigenvalue weighted by atomic mass is 16.3. The molecule has 0 aliphatic heterocycles. The van der Waals surface area contributed by atoms with E-state index in [2.05, 4.69) is 6.92 Å². The van der Waals surface area contributed by atoms with Gasteiger partial charge in [0.05, 0.1) is 5.60 Å². The average molecular weight is 250 g/mol. The van der Waals surface area contributed by atoms with E-state index in [0.29, 0.717) is 12.3 Å². The quantitative estimate of drug-likeness (QED) is 0.577. The van der Waals surface area contributed by atoms with Gasteiger partial charge in [0.1, 0.15) is 0 Å². The van der Waals surface area contributed by atoms with Crippen LogP contribution in [0.4, 0.5) is 0 Å². The third-order valence-corrected chi connectivity index (χ3v) is 4.85.